The van der Waals surface area contributed by atoms with Gasteiger partial charge in [0.2, 0.25) is 5.91 Å². The molecule has 12 heteroatoms. The highest BCUT2D eigenvalue weighted by atomic mass is 32.2. The van der Waals surface area contributed by atoms with Gasteiger partial charge in [-0.2, -0.15) is 0 Å². The molecule has 0 bridgehead atoms. The van der Waals surface area contributed by atoms with Crippen molar-refractivity contribution in [3.8, 4) is 11.1 Å². The smallest absolute Gasteiger partial charge is 0.315 e. The Morgan fingerprint density at radius 3 is 2.11 bits per heavy atom. The Bertz CT molecular complexity index is 1560. The van der Waals surface area contributed by atoms with Crippen LogP contribution in [0.15, 0.2) is 54.6 Å². The highest BCUT2D eigenvalue weighted by Gasteiger charge is 2.78. The Balaban J connectivity index is 2.20. The first-order chi connectivity index (χ1) is 22.0. The number of unbranched alkanes of at least 4 members (excludes halogenated alkanes) is 2. The van der Waals surface area contributed by atoms with Gasteiger partial charge in [-0.05, 0) is 57.2 Å². The molecular formula is C35H49N4O7S. The second-order valence-corrected chi connectivity index (χ2v) is 15.5. The Hall–Kier alpha value is -3.77. The predicted molar refractivity (Wildman–Crippen MR) is 182 cm³/mol. The topological polar surface area (TPSA) is 177 Å². The van der Waals surface area contributed by atoms with Gasteiger partial charge in [-0.3, -0.25) is 14.4 Å². The zero-order valence-electron chi connectivity index (χ0n) is 28.4. The summed E-state index contributed by atoms with van der Waals surface area (Å²) in [4.78, 5) is 54.7. The molecular weight excluding hydrogens is 620 g/mol. The van der Waals surface area contributed by atoms with E-state index in [2.05, 4.69) is 16.0 Å². The molecule has 3 rings (SSSR count). The molecule has 4 atom stereocenters. The summed E-state index contributed by atoms with van der Waals surface area (Å²) in [7, 11) is -3.97. The SMILES string of the molecule is CCCCCC(=O)[C](c1ccccc1-c1ccccc1)[C@]1(NC(=O)[C@@H](NC(=O)NC(C)CCC)C(C)(C)S(C)(=O)=O)O[C@]1(C)C(N)=O. The molecule has 2 aromatic carbocycles. The lowest BCUT2D eigenvalue weighted by atomic mass is 9.77. The van der Waals surface area contributed by atoms with Gasteiger partial charge in [0, 0.05) is 18.7 Å². The average molecular weight is 670 g/mol. The second kappa shape index (κ2) is 15.0. The fourth-order valence-corrected chi connectivity index (χ4v) is 6.28. The maximum atomic E-state index is 14.3. The first-order valence-corrected chi connectivity index (χ1v) is 18.0. The standard InChI is InChI=1S/C35H49N4O7S/c1-8-10-12-22-27(40)28(26-21-16-15-20-25(26)24-18-13-11-14-19-24)35(34(6,46-35)31(36)42)39-30(41)29(33(4,5)47(7,44)45)38-32(43)37-23(3)17-9-2/h11,13-16,18-21,23,29H,8-10,12,17,22H2,1-7H3,(H2,36,42)(H,39,41)(H2,37,38,43)/t23?,29-,34-,35+/m1/s1. The lowest BCUT2D eigenvalue weighted by Gasteiger charge is -2.35. The first kappa shape index (κ1) is 37.7. The number of Topliss-reactive ketones (excluding diaryl/α,β-unsaturated/α-hetero) is 1. The quantitative estimate of drug-likeness (QED) is 0.144. The number of ketones is 1. The number of benzene rings is 2. The number of carbonyl (C=O) groups is 4. The van der Waals surface area contributed by atoms with Crippen LogP contribution in [0.1, 0.15) is 85.6 Å². The number of urea groups is 1. The van der Waals surface area contributed by atoms with Gasteiger partial charge in [0.05, 0.1) is 4.75 Å². The number of amides is 4. The summed E-state index contributed by atoms with van der Waals surface area (Å²) in [6.07, 6.45) is 4.68. The van der Waals surface area contributed by atoms with Gasteiger partial charge < -0.3 is 26.4 Å². The molecule has 1 radical (unpaired) electrons. The van der Waals surface area contributed by atoms with Gasteiger partial charge in [-0.25, -0.2) is 13.2 Å². The van der Waals surface area contributed by atoms with E-state index in [4.69, 9.17) is 10.5 Å². The summed E-state index contributed by atoms with van der Waals surface area (Å²) in [6.45, 7) is 9.77. The Morgan fingerprint density at radius 2 is 1.55 bits per heavy atom. The van der Waals surface area contributed by atoms with Crippen LogP contribution in [-0.2, 0) is 29.0 Å². The summed E-state index contributed by atoms with van der Waals surface area (Å²) < 4.78 is 30.3. The first-order valence-electron chi connectivity index (χ1n) is 16.1. The van der Waals surface area contributed by atoms with Crippen LogP contribution in [0, 0.1) is 5.92 Å². The lowest BCUT2D eigenvalue weighted by molar-refractivity contribution is -0.125. The summed E-state index contributed by atoms with van der Waals surface area (Å²) in [5.41, 5.74) is 3.76. The fourth-order valence-electron chi connectivity index (χ4n) is 5.69. The number of hydrogen-bond acceptors (Lipinski definition) is 7. The molecule has 1 aliphatic heterocycles. The van der Waals surface area contributed by atoms with Crippen molar-refractivity contribution in [2.45, 2.75) is 108 Å². The highest BCUT2D eigenvalue weighted by Crippen LogP contribution is 2.55. The minimum absolute atomic E-state index is 0.0136. The monoisotopic (exact) mass is 669 g/mol. The number of primary amides is 1. The Labute approximate surface area is 278 Å². The van der Waals surface area contributed by atoms with Crippen LogP contribution in [0.5, 0.6) is 0 Å². The second-order valence-electron chi connectivity index (χ2n) is 13.0. The van der Waals surface area contributed by atoms with Gasteiger partial charge in [-0.1, -0.05) is 87.7 Å². The largest absolute Gasteiger partial charge is 0.367 e. The van der Waals surface area contributed by atoms with Crippen LogP contribution in [-0.4, -0.2) is 66.5 Å². The maximum Gasteiger partial charge on any atom is 0.315 e. The van der Waals surface area contributed by atoms with Gasteiger partial charge in [0.1, 0.15) is 17.7 Å². The van der Waals surface area contributed by atoms with Crippen molar-refractivity contribution in [3.63, 3.8) is 0 Å². The lowest BCUT2D eigenvalue weighted by Crippen LogP contribution is -2.65. The van der Waals surface area contributed by atoms with E-state index in [-0.39, 0.29) is 24.2 Å². The van der Waals surface area contributed by atoms with E-state index in [1.54, 1.807) is 19.1 Å². The van der Waals surface area contributed by atoms with Crippen molar-refractivity contribution in [1.29, 1.82) is 0 Å². The van der Waals surface area contributed by atoms with Crippen LogP contribution >= 0.6 is 0 Å². The number of epoxide rings is 1. The summed E-state index contributed by atoms with van der Waals surface area (Å²) in [6, 6.07) is 13.7. The zero-order valence-corrected chi connectivity index (χ0v) is 29.3. The molecule has 5 N–H and O–H groups in total. The predicted octanol–water partition coefficient (Wildman–Crippen LogP) is 4.19. The minimum atomic E-state index is -3.97. The van der Waals surface area contributed by atoms with E-state index in [1.807, 2.05) is 56.3 Å². The third-order valence-corrected chi connectivity index (χ3v) is 11.1. The molecule has 2 aromatic rings. The highest BCUT2D eigenvalue weighted by molar-refractivity contribution is 7.92. The van der Waals surface area contributed by atoms with Crippen molar-refractivity contribution < 1.29 is 32.3 Å². The summed E-state index contributed by atoms with van der Waals surface area (Å²) in [5.74, 6) is -2.27. The number of sulfone groups is 1. The molecule has 1 unspecified atom stereocenters. The van der Waals surface area contributed by atoms with Gasteiger partial charge in [0.15, 0.2) is 21.2 Å². The molecule has 4 amide bonds. The van der Waals surface area contributed by atoms with Crippen molar-refractivity contribution >= 4 is 33.5 Å². The average Bonchev–Trinajstić information content (AvgIpc) is 3.60. The molecule has 1 aliphatic rings. The zero-order chi connectivity index (χ0) is 35.2. The fraction of sp³-hybridized carbons (Fsp3) is 0.514. The number of carbonyl (C=O) groups excluding carboxylic acids is 4. The third-order valence-electron chi connectivity index (χ3n) is 8.96. The molecule has 47 heavy (non-hydrogen) atoms. The van der Waals surface area contributed by atoms with Crippen LogP contribution < -0.4 is 21.7 Å². The van der Waals surface area contributed by atoms with Crippen LogP contribution in [0.4, 0.5) is 4.79 Å². The Morgan fingerprint density at radius 1 is 0.936 bits per heavy atom. The summed E-state index contributed by atoms with van der Waals surface area (Å²) >= 11 is 0. The van der Waals surface area contributed by atoms with Crippen molar-refractivity contribution in [2.75, 3.05) is 6.26 Å². The van der Waals surface area contributed by atoms with Crippen LogP contribution in [0.3, 0.4) is 0 Å². The number of ether oxygens (including phenoxy) is 1. The molecule has 0 spiro atoms. The van der Waals surface area contributed by atoms with E-state index in [0.29, 0.717) is 24.0 Å². The van der Waals surface area contributed by atoms with Crippen LogP contribution in [0.25, 0.3) is 11.1 Å². The van der Waals surface area contributed by atoms with E-state index in [0.717, 1.165) is 31.1 Å². The van der Waals surface area contributed by atoms with Crippen molar-refractivity contribution in [3.05, 3.63) is 66.1 Å². The van der Waals surface area contributed by atoms with E-state index in [9.17, 15) is 27.6 Å². The number of rotatable bonds is 17. The van der Waals surface area contributed by atoms with Crippen molar-refractivity contribution in [1.82, 2.24) is 16.0 Å². The molecule has 1 fully saturated rings. The molecule has 1 heterocycles. The number of nitrogens with one attached hydrogen (secondary N) is 3. The molecule has 0 saturated carbocycles. The van der Waals surface area contributed by atoms with Gasteiger partial charge in [0.25, 0.3) is 5.91 Å². The van der Waals surface area contributed by atoms with Gasteiger partial charge in [-0.15, -0.1) is 0 Å². The van der Waals surface area contributed by atoms with Crippen molar-refractivity contribution in [2.24, 2.45) is 5.73 Å². The maximum absolute atomic E-state index is 14.3. The van der Waals surface area contributed by atoms with Crippen LogP contribution in [0.2, 0.25) is 0 Å². The molecule has 0 aliphatic carbocycles. The van der Waals surface area contributed by atoms with E-state index < -0.39 is 49.8 Å². The summed E-state index contributed by atoms with van der Waals surface area (Å²) in [5, 5.41) is 8.00. The van der Waals surface area contributed by atoms with E-state index in [1.165, 1.54) is 20.8 Å². The molecule has 257 valence electrons. The normalized spacial score (nSPS) is 20.6. The molecule has 1 saturated heterocycles. The minimum Gasteiger partial charge on any atom is -0.367 e. The molecule has 0 aromatic heterocycles. The third kappa shape index (κ3) is 8.03. The number of hydrogen-bond donors (Lipinski definition) is 4. The van der Waals surface area contributed by atoms with E-state index >= 15 is 0 Å². The Kier molecular flexibility index (Phi) is 12.0. The molecule has 11 nitrogen and oxygen atoms in total. The number of nitrogens with two attached hydrogens (primary N) is 1. The van der Waals surface area contributed by atoms with Gasteiger partial charge >= 0.3 is 6.03 Å².